The molecule has 3 aromatic rings. The molecule has 1 aliphatic rings. The number of aromatic nitrogens is 2. The summed E-state index contributed by atoms with van der Waals surface area (Å²) in [7, 11) is -3.64. The number of sulfonamides is 1. The normalized spacial score (nSPS) is 15.4. The van der Waals surface area contributed by atoms with Crippen LogP contribution in [0.5, 0.6) is 0 Å². The fourth-order valence-electron chi connectivity index (χ4n) is 3.62. The predicted octanol–water partition coefficient (Wildman–Crippen LogP) is 3.86. The molecule has 1 saturated heterocycles. The van der Waals surface area contributed by atoms with Crippen LogP contribution in [-0.4, -0.2) is 41.9 Å². The van der Waals surface area contributed by atoms with E-state index in [1.165, 1.54) is 16.4 Å². The molecule has 162 valence electrons. The van der Waals surface area contributed by atoms with E-state index in [2.05, 4.69) is 15.5 Å². The Kier molecular flexibility index (Phi) is 6.15. The van der Waals surface area contributed by atoms with Gasteiger partial charge in [-0.3, -0.25) is 4.79 Å². The van der Waals surface area contributed by atoms with E-state index >= 15 is 0 Å². The van der Waals surface area contributed by atoms with Gasteiger partial charge in [0.25, 0.3) is 5.91 Å². The second kappa shape index (κ2) is 8.99. The molecule has 1 N–H and O–H groups in total. The molecule has 4 rings (SSSR count). The van der Waals surface area contributed by atoms with Crippen LogP contribution in [0.1, 0.15) is 41.9 Å². The third-order valence-corrected chi connectivity index (χ3v) is 7.14. The molecule has 0 aliphatic carbocycles. The van der Waals surface area contributed by atoms with Crippen LogP contribution in [0.3, 0.4) is 0 Å². The van der Waals surface area contributed by atoms with Crippen molar-refractivity contribution in [1.82, 2.24) is 14.4 Å². The Hall–Kier alpha value is -3.04. The number of aryl methyl sites for hydroxylation is 1. The lowest BCUT2D eigenvalue weighted by molar-refractivity contribution is 0.102. The third-order valence-electron chi connectivity index (χ3n) is 5.24. The fraction of sp³-hybridized carbons (Fsp3) is 0.318. The molecular formula is C22H24N4O4S. The fourth-order valence-corrected chi connectivity index (χ4v) is 5.18. The molecule has 1 amide bonds. The zero-order chi connectivity index (χ0) is 21.8. The monoisotopic (exact) mass is 440 g/mol. The van der Waals surface area contributed by atoms with Gasteiger partial charge in [0.15, 0.2) is 0 Å². The first-order valence-corrected chi connectivity index (χ1v) is 11.7. The van der Waals surface area contributed by atoms with Crippen molar-refractivity contribution >= 4 is 21.6 Å². The zero-order valence-electron chi connectivity index (χ0n) is 17.2. The highest BCUT2D eigenvalue weighted by Gasteiger charge is 2.26. The van der Waals surface area contributed by atoms with Crippen LogP contribution >= 0.6 is 0 Å². The van der Waals surface area contributed by atoms with Gasteiger partial charge in [0.2, 0.25) is 21.7 Å². The summed E-state index contributed by atoms with van der Waals surface area (Å²) in [5, 5.41) is 6.74. The molecule has 2 aromatic carbocycles. The summed E-state index contributed by atoms with van der Waals surface area (Å²) >= 11 is 0. The van der Waals surface area contributed by atoms with E-state index in [0.717, 1.165) is 25.7 Å². The van der Waals surface area contributed by atoms with E-state index < -0.39 is 15.9 Å². The number of carbonyl (C=O) groups excluding carboxylic acids is 1. The van der Waals surface area contributed by atoms with Gasteiger partial charge in [-0.05, 0) is 43.2 Å². The highest BCUT2D eigenvalue weighted by atomic mass is 32.2. The van der Waals surface area contributed by atoms with Crippen molar-refractivity contribution in [3.63, 3.8) is 0 Å². The SMILES string of the molecule is Cc1nc(-c2ccccc2NC(=O)c2cccc(S(=O)(=O)N3CCCCCC3)c2)no1. The molecule has 1 aromatic heterocycles. The van der Waals surface area contributed by atoms with Gasteiger partial charge in [-0.25, -0.2) is 8.42 Å². The summed E-state index contributed by atoms with van der Waals surface area (Å²) in [6, 6.07) is 13.3. The van der Waals surface area contributed by atoms with Crippen LogP contribution in [-0.2, 0) is 10.0 Å². The smallest absolute Gasteiger partial charge is 0.255 e. The van der Waals surface area contributed by atoms with Gasteiger partial charge in [0, 0.05) is 31.1 Å². The van der Waals surface area contributed by atoms with Crippen LogP contribution in [0.25, 0.3) is 11.4 Å². The van der Waals surface area contributed by atoms with Crippen LogP contribution in [0.4, 0.5) is 5.69 Å². The standard InChI is InChI=1S/C22H24N4O4S/c1-16-23-21(25-30-16)19-11-4-5-12-20(19)24-22(27)17-9-8-10-18(15-17)31(28,29)26-13-6-2-3-7-14-26/h4-5,8-12,15H,2-3,6-7,13-14H2,1H3,(H,24,27). The van der Waals surface area contributed by atoms with E-state index in [0.29, 0.717) is 36.1 Å². The van der Waals surface area contributed by atoms with Gasteiger partial charge < -0.3 is 9.84 Å². The highest BCUT2D eigenvalue weighted by Crippen LogP contribution is 2.26. The molecule has 0 bridgehead atoms. The van der Waals surface area contributed by atoms with Crippen LogP contribution in [0.2, 0.25) is 0 Å². The molecule has 8 nitrogen and oxygen atoms in total. The van der Waals surface area contributed by atoms with Crippen molar-refractivity contribution in [2.45, 2.75) is 37.5 Å². The third kappa shape index (κ3) is 4.67. The lowest BCUT2D eigenvalue weighted by atomic mass is 10.1. The van der Waals surface area contributed by atoms with Crippen molar-refractivity contribution in [3.05, 3.63) is 60.0 Å². The number of para-hydroxylation sites is 1. The molecule has 0 atom stereocenters. The summed E-state index contributed by atoms with van der Waals surface area (Å²) in [6.45, 7) is 2.71. The maximum atomic E-state index is 13.1. The minimum Gasteiger partial charge on any atom is -0.339 e. The van der Waals surface area contributed by atoms with Crippen molar-refractivity contribution < 1.29 is 17.7 Å². The molecule has 1 aliphatic heterocycles. The molecule has 1 fully saturated rings. The predicted molar refractivity (Wildman–Crippen MR) is 116 cm³/mol. The van der Waals surface area contributed by atoms with Gasteiger partial charge in [0.05, 0.1) is 10.6 Å². The number of rotatable bonds is 5. The molecule has 0 saturated carbocycles. The minimum atomic E-state index is -3.64. The van der Waals surface area contributed by atoms with E-state index in [4.69, 9.17) is 4.52 Å². The number of hydrogen-bond donors (Lipinski definition) is 1. The number of amides is 1. The molecule has 2 heterocycles. The molecule has 0 spiro atoms. The maximum Gasteiger partial charge on any atom is 0.255 e. The average molecular weight is 441 g/mol. The average Bonchev–Trinajstić information content (AvgIpc) is 3.02. The lowest BCUT2D eigenvalue weighted by Crippen LogP contribution is -2.32. The van der Waals surface area contributed by atoms with Crippen LogP contribution in [0, 0.1) is 6.92 Å². The van der Waals surface area contributed by atoms with Gasteiger partial charge in [-0.2, -0.15) is 9.29 Å². The Bertz CT molecular complexity index is 1180. The van der Waals surface area contributed by atoms with Gasteiger partial charge in [-0.1, -0.05) is 36.2 Å². The van der Waals surface area contributed by atoms with Crippen molar-refractivity contribution in [2.75, 3.05) is 18.4 Å². The Morgan fingerprint density at radius 1 is 1.03 bits per heavy atom. The van der Waals surface area contributed by atoms with Gasteiger partial charge >= 0.3 is 0 Å². The van der Waals surface area contributed by atoms with Gasteiger partial charge in [-0.15, -0.1) is 0 Å². The maximum absolute atomic E-state index is 13.1. The summed E-state index contributed by atoms with van der Waals surface area (Å²) < 4.78 is 32.7. The quantitative estimate of drug-likeness (QED) is 0.646. The molecule has 31 heavy (non-hydrogen) atoms. The number of hydrogen-bond acceptors (Lipinski definition) is 6. The Morgan fingerprint density at radius 3 is 2.48 bits per heavy atom. The first kappa shape index (κ1) is 21.2. The van der Waals surface area contributed by atoms with E-state index in [9.17, 15) is 13.2 Å². The number of anilines is 1. The first-order chi connectivity index (χ1) is 14.9. The van der Waals surface area contributed by atoms with E-state index in [1.54, 1.807) is 37.3 Å². The first-order valence-electron chi connectivity index (χ1n) is 10.3. The molecule has 0 unspecified atom stereocenters. The van der Waals surface area contributed by atoms with Crippen molar-refractivity contribution in [3.8, 4) is 11.4 Å². The molecular weight excluding hydrogens is 416 g/mol. The highest BCUT2D eigenvalue weighted by molar-refractivity contribution is 7.89. The Labute approximate surface area is 181 Å². The second-order valence-electron chi connectivity index (χ2n) is 7.48. The van der Waals surface area contributed by atoms with Gasteiger partial charge in [0.1, 0.15) is 0 Å². The van der Waals surface area contributed by atoms with Crippen LogP contribution in [0.15, 0.2) is 57.9 Å². The van der Waals surface area contributed by atoms with E-state index in [1.807, 2.05) is 6.07 Å². The number of benzene rings is 2. The number of carbonyl (C=O) groups is 1. The largest absolute Gasteiger partial charge is 0.339 e. The summed E-state index contributed by atoms with van der Waals surface area (Å²) in [5.74, 6) is 0.369. The summed E-state index contributed by atoms with van der Waals surface area (Å²) in [6.07, 6.45) is 3.78. The number of nitrogens with zero attached hydrogens (tertiary/aromatic N) is 3. The summed E-state index contributed by atoms with van der Waals surface area (Å²) in [5.41, 5.74) is 1.38. The zero-order valence-corrected chi connectivity index (χ0v) is 18.1. The second-order valence-corrected chi connectivity index (χ2v) is 9.42. The summed E-state index contributed by atoms with van der Waals surface area (Å²) in [4.78, 5) is 17.3. The topological polar surface area (TPSA) is 105 Å². The lowest BCUT2D eigenvalue weighted by Gasteiger charge is -2.20. The Morgan fingerprint density at radius 2 is 1.77 bits per heavy atom. The van der Waals surface area contributed by atoms with Crippen molar-refractivity contribution in [2.24, 2.45) is 0 Å². The van der Waals surface area contributed by atoms with Crippen LogP contribution < -0.4 is 5.32 Å². The number of nitrogens with one attached hydrogen (secondary N) is 1. The molecule has 9 heteroatoms. The van der Waals surface area contributed by atoms with E-state index in [-0.39, 0.29) is 10.5 Å². The van der Waals surface area contributed by atoms with Crippen molar-refractivity contribution in [1.29, 1.82) is 0 Å². The minimum absolute atomic E-state index is 0.129. The Balaban J connectivity index is 1.58. The molecule has 0 radical (unpaired) electrons.